The van der Waals surface area contributed by atoms with E-state index in [2.05, 4.69) is 27.4 Å². The van der Waals surface area contributed by atoms with Crippen LogP contribution < -0.4 is 10.6 Å². The molecule has 5 heteroatoms. The molecule has 2 rings (SSSR count). The van der Waals surface area contributed by atoms with Gasteiger partial charge in [-0.2, -0.15) is 0 Å². The summed E-state index contributed by atoms with van der Waals surface area (Å²) in [5.41, 5.74) is 1.46. The molecule has 2 N–H and O–H groups in total. The first-order valence-corrected chi connectivity index (χ1v) is 7.46. The van der Waals surface area contributed by atoms with Crippen LogP contribution >= 0.6 is 0 Å². The first-order chi connectivity index (χ1) is 9.76. The van der Waals surface area contributed by atoms with E-state index in [1.807, 2.05) is 13.0 Å². The molecule has 0 spiro atoms. The number of amides is 1. The number of hydrogen-bond donors (Lipinski definition) is 2. The van der Waals surface area contributed by atoms with Crippen LogP contribution in [0.4, 0.5) is 5.69 Å². The number of nitrogens with one attached hydrogen (secondary N) is 2. The summed E-state index contributed by atoms with van der Waals surface area (Å²) in [4.78, 5) is 18.6. The average Bonchev–Trinajstić information content (AvgIpc) is 3.29. The molecule has 0 unspecified atom stereocenters. The minimum Gasteiger partial charge on any atom is -0.385 e. The predicted molar refractivity (Wildman–Crippen MR) is 81.0 cm³/mol. The third-order valence-electron chi connectivity index (χ3n) is 3.59. The molecule has 0 bridgehead atoms. The van der Waals surface area contributed by atoms with Gasteiger partial charge in [0.2, 0.25) is 0 Å². The van der Waals surface area contributed by atoms with Crippen molar-refractivity contribution in [3.8, 4) is 0 Å². The molecule has 0 saturated heterocycles. The lowest BCUT2D eigenvalue weighted by atomic mass is 10.2. The van der Waals surface area contributed by atoms with Crippen molar-refractivity contribution in [3.63, 3.8) is 0 Å². The first-order valence-electron chi connectivity index (χ1n) is 7.46. The van der Waals surface area contributed by atoms with Crippen molar-refractivity contribution in [1.29, 1.82) is 0 Å². The molecule has 20 heavy (non-hydrogen) atoms. The molecule has 1 saturated carbocycles. The molecule has 1 fully saturated rings. The van der Waals surface area contributed by atoms with E-state index >= 15 is 0 Å². The maximum absolute atomic E-state index is 12.2. The number of likely N-dealkylation sites (N-methyl/N-ethyl adjacent to an activating group) is 1. The number of carbonyl (C=O) groups excluding carboxylic acids is 1. The van der Waals surface area contributed by atoms with E-state index in [0.717, 1.165) is 31.4 Å². The van der Waals surface area contributed by atoms with Crippen molar-refractivity contribution in [1.82, 2.24) is 15.2 Å². The van der Waals surface area contributed by atoms with Crippen molar-refractivity contribution >= 4 is 11.6 Å². The van der Waals surface area contributed by atoms with Crippen LogP contribution in [0.5, 0.6) is 0 Å². The topological polar surface area (TPSA) is 57.3 Å². The van der Waals surface area contributed by atoms with E-state index in [-0.39, 0.29) is 5.91 Å². The molecule has 1 heterocycles. The Morgan fingerprint density at radius 1 is 1.45 bits per heavy atom. The van der Waals surface area contributed by atoms with Crippen LogP contribution in [0.1, 0.15) is 37.0 Å². The average molecular weight is 276 g/mol. The first kappa shape index (κ1) is 14.8. The molecule has 110 valence electrons. The Morgan fingerprint density at radius 3 is 2.90 bits per heavy atom. The Labute approximate surface area is 120 Å². The zero-order valence-electron chi connectivity index (χ0n) is 12.4. The summed E-state index contributed by atoms with van der Waals surface area (Å²) in [5, 5.41) is 6.17. The number of pyridine rings is 1. The summed E-state index contributed by atoms with van der Waals surface area (Å²) in [6.07, 6.45) is 5.91. The Balaban J connectivity index is 1.85. The fraction of sp³-hybridized carbons (Fsp3) is 0.600. The molecule has 0 radical (unpaired) electrons. The number of hydrogen-bond acceptors (Lipinski definition) is 4. The fourth-order valence-electron chi connectivity index (χ4n) is 2.37. The van der Waals surface area contributed by atoms with Crippen LogP contribution in [-0.4, -0.2) is 48.0 Å². The van der Waals surface area contributed by atoms with Gasteiger partial charge in [-0.3, -0.25) is 14.7 Å². The molecule has 0 atom stereocenters. The molecular weight excluding hydrogens is 252 g/mol. The highest BCUT2D eigenvalue weighted by atomic mass is 16.1. The van der Waals surface area contributed by atoms with Gasteiger partial charge in [-0.15, -0.1) is 0 Å². The van der Waals surface area contributed by atoms with Gasteiger partial charge >= 0.3 is 0 Å². The standard InChI is InChI=1S/C15H24N4O/c1-3-17-14-7-8-16-11-13(14)15(20)18-9-10-19(4-2)12-5-6-12/h7-8,11-12H,3-6,9-10H2,1-2H3,(H,16,17)(H,18,20). The van der Waals surface area contributed by atoms with E-state index in [1.165, 1.54) is 12.8 Å². The van der Waals surface area contributed by atoms with E-state index in [1.54, 1.807) is 12.4 Å². The molecule has 1 amide bonds. The SMILES string of the molecule is CCNc1ccncc1C(=O)NCCN(CC)C1CC1. The van der Waals surface area contributed by atoms with Crippen molar-refractivity contribution in [2.45, 2.75) is 32.7 Å². The number of nitrogens with zero attached hydrogens (tertiary/aromatic N) is 2. The Morgan fingerprint density at radius 2 is 2.25 bits per heavy atom. The minimum absolute atomic E-state index is 0.0547. The summed E-state index contributed by atoms with van der Waals surface area (Å²) >= 11 is 0. The predicted octanol–water partition coefficient (Wildman–Crippen LogP) is 1.73. The second-order valence-electron chi connectivity index (χ2n) is 5.07. The van der Waals surface area contributed by atoms with Crippen LogP contribution in [-0.2, 0) is 0 Å². The van der Waals surface area contributed by atoms with Gasteiger partial charge in [0.15, 0.2) is 0 Å². The van der Waals surface area contributed by atoms with Crippen molar-refractivity contribution < 1.29 is 4.79 Å². The van der Waals surface area contributed by atoms with Gasteiger partial charge in [0, 0.05) is 38.1 Å². The summed E-state index contributed by atoms with van der Waals surface area (Å²) in [5.74, 6) is -0.0547. The highest BCUT2D eigenvalue weighted by Gasteiger charge is 2.27. The van der Waals surface area contributed by atoms with Crippen LogP contribution in [0.25, 0.3) is 0 Å². The molecule has 1 aromatic rings. The summed E-state index contributed by atoms with van der Waals surface area (Å²) in [7, 11) is 0. The molecule has 0 aromatic carbocycles. The van der Waals surface area contributed by atoms with E-state index in [0.29, 0.717) is 12.1 Å². The van der Waals surface area contributed by atoms with Crippen LogP contribution in [0.2, 0.25) is 0 Å². The van der Waals surface area contributed by atoms with Gasteiger partial charge < -0.3 is 10.6 Å². The van der Waals surface area contributed by atoms with Gasteiger partial charge in [0.25, 0.3) is 5.91 Å². The zero-order chi connectivity index (χ0) is 14.4. The maximum atomic E-state index is 12.2. The summed E-state index contributed by atoms with van der Waals surface area (Å²) in [6, 6.07) is 2.58. The van der Waals surface area contributed by atoms with Crippen LogP contribution in [0, 0.1) is 0 Å². The Kier molecular flexibility index (Phi) is 5.35. The minimum atomic E-state index is -0.0547. The van der Waals surface area contributed by atoms with Crippen molar-refractivity contribution in [3.05, 3.63) is 24.0 Å². The number of carbonyl (C=O) groups is 1. The van der Waals surface area contributed by atoms with Crippen LogP contribution in [0.15, 0.2) is 18.5 Å². The molecule has 5 nitrogen and oxygen atoms in total. The summed E-state index contributed by atoms with van der Waals surface area (Å²) < 4.78 is 0. The van der Waals surface area contributed by atoms with Gasteiger partial charge in [0.05, 0.1) is 11.3 Å². The number of aromatic nitrogens is 1. The van der Waals surface area contributed by atoms with E-state index < -0.39 is 0 Å². The lowest BCUT2D eigenvalue weighted by molar-refractivity contribution is 0.0948. The highest BCUT2D eigenvalue weighted by molar-refractivity contribution is 5.99. The van der Waals surface area contributed by atoms with Gasteiger partial charge in [-0.1, -0.05) is 6.92 Å². The fourth-order valence-corrected chi connectivity index (χ4v) is 2.37. The van der Waals surface area contributed by atoms with Gasteiger partial charge in [-0.05, 0) is 32.4 Å². The molecule has 0 aliphatic heterocycles. The van der Waals surface area contributed by atoms with E-state index in [9.17, 15) is 4.79 Å². The quantitative estimate of drug-likeness (QED) is 0.759. The monoisotopic (exact) mass is 276 g/mol. The third kappa shape index (κ3) is 3.93. The maximum Gasteiger partial charge on any atom is 0.254 e. The molecule has 1 aliphatic rings. The molecule has 1 aromatic heterocycles. The Bertz CT molecular complexity index is 445. The highest BCUT2D eigenvalue weighted by Crippen LogP contribution is 2.25. The normalized spacial score (nSPS) is 14.3. The summed E-state index contributed by atoms with van der Waals surface area (Å²) in [6.45, 7) is 7.63. The van der Waals surface area contributed by atoms with Gasteiger partial charge in [0.1, 0.15) is 0 Å². The smallest absolute Gasteiger partial charge is 0.254 e. The number of anilines is 1. The lowest BCUT2D eigenvalue weighted by Crippen LogP contribution is -2.36. The van der Waals surface area contributed by atoms with E-state index in [4.69, 9.17) is 0 Å². The molecule has 1 aliphatic carbocycles. The van der Waals surface area contributed by atoms with Crippen molar-refractivity contribution in [2.24, 2.45) is 0 Å². The molecular formula is C15H24N4O. The largest absolute Gasteiger partial charge is 0.385 e. The lowest BCUT2D eigenvalue weighted by Gasteiger charge is -2.20. The van der Waals surface area contributed by atoms with Gasteiger partial charge in [-0.25, -0.2) is 0 Å². The zero-order valence-corrected chi connectivity index (χ0v) is 12.4. The second-order valence-corrected chi connectivity index (χ2v) is 5.07. The van der Waals surface area contributed by atoms with Crippen molar-refractivity contribution in [2.75, 3.05) is 31.5 Å². The van der Waals surface area contributed by atoms with Crippen LogP contribution in [0.3, 0.4) is 0 Å². The Hall–Kier alpha value is -1.62. The number of rotatable bonds is 8. The third-order valence-corrected chi connectivity index (χ3v) is 3.59. The second kappa shape index (κ2) is 7.24.